The number of thiazole rings is 1. The van der Waals surface area contributed by atoms with Crippen molar-refractivity contribution in [3.63, 3.8) is 0 Å². The molecule has 1 aliphatic rings. The van der Waals surface area contributed by atoms with E-state index in [0.29, 0.717) is 16.4 Å². The molecule has 0 unspecified atom stereocenters. The largest absolute Gasteiger partial charge is 0.378 e. The van der Waals surface area contributed by atoms with E-state index in [1.807, 2.05) is 25.1 Å². The molecule has 0 bridgehead atoms. The number of nitrogens with one attached hydrogen (secondary N) is 1. The first-order valence-corrected chi connectivity index (χ1v) is 10.2. The summed E-state index contributed by atoms with van der Waals surface area (Å²) in [6.07, 6.45) is 1.80. The number of aromatic nitrogens is 2. The van der Waals surface area contributed by atoms with Gasteiger partial charge in [-0.05, 0) is 36.8 Å². The summed E-state index contributed by atoms with van der Waals surface area (Å²) in [5.41, 5.74) is 2.77. The summed E-state index contributed by atoms with van der Waals surface area (Å²) in [6, 6.07) is 9.39. The highest BCUT2D eigenvalue weighted by Crippen LogP contribution is 2.27. The first-order chi connectivity index (χ1) is 13.6. The number of carbonyl (C=O) groups is 1. The van der Waals surface area contributed by atoms with Gasteiger partial charge in [0.2, 0.25) is 0 Å². The third-order valence-electron chi connectivity index (χ3n) is 4.58. The summed E-state index contributed by atoms with van der Waals surface area (Å²) in [4.78, 5) is 23.7. The number of rotatable bonds is 4. The second-order valence-corrected chi connectivity index (χ2v) is 7.67. The van der Waals surface area contributed by atoms with Crippen LogP contribution in [-0.4, -0.2) is 42.2 Å². The molecule has 3 aromatic rings. The lowest BCUT2D eigenvalue weighted by Gasteiger charge is -2.27. The van der Waals surface area contributed by atoms with E-state index in [9.17, 15) is 4.79 Å². The third kappa shape index (κ3) is 4.01. The zero-order valence-corrected chi connectivity index (χ0v) is 16.9. The number of hydrogen-bond donors (Lipinski definition) is 1. The van der Waals surface area contributed by atoms with Crippen molar-refractivity contribution in [1.29, 1.82) is 0 Å². The van der Waals surface area contributed by atoms with Crippen LogP contribution >= 0.6 is 22.9 Å². The number of ether oxygens (including phenoxy) is 1. The molecule has 1 aliphatic heterocycles. The molecule has 1 fully saturated rings. The topological polar surface area (TPSA) is 67.4 Å². The first-order valence-electron chi connectivity index (χ1n) is 8.93. The minimum Gasteiger partial charge on any atom is -0.378 e. The predicted octanol–water partition coefficient (Wildman–Crippen LogP) is 4.26. The molecule has 1 saturated heterocycles. The summed E-state index contributed by atoms with van der Waals surface area (Å²) < 4.78 is 5.37. The van der Waals surface area contributed by atoms with Crippen molar-refractivity contribution in [2.75, 3.05) is 36.5 Å². The van der Waals surface area contributed by atoms with E-state index < -0.39 is 0 Å². The van der Waals surface area contributed by atoms with Gasteiger partial charge in [-0.25, -0.2) is 9.97 Å². The minimum atomic E-state index is -0.259. The Bertz CT molecular complexity index is 984. The molecule has 0 aliphatic carbocycles. The third-order valence-corrected chi connectivity index (χ3v) is 5.88. The Balaban J connectivity index is 1.47. The van der Waals surface area contributed by atoms with Crippen LogP contribution in [0.3, 0.4) is 0 Å². The monoisotopic (exact) mass is 414 g/mol. The second kappa shape index (κ2) is 8.26. The smallest absolute Gasteiger partial charge is 0.275 e. The molecule has 4 rings (SSSR count). The van der Waals surface area contributed by atoms with Crippen molar-refractivity contribution >= 4 is 40.4 Å². The maximum absolute atomic E-state index is 12.5. The molecule has 0 spiro atoms. The number of benzene rings is 1. The van der Waals surface area contributed by atoms with Crippen molar-refractivity contribution < 1.29 is 9.53 Å². The lowest BCUT2D eigenvalue weighted by atomic mass is 10.2. The summed E-state index contributed by atoms with van der Waals surface area (Å²) in [5, 5.41) is 5.99. The van der Waals surface area contributed by atoms with Crippen molar-refractivity contribution in [2.24, 2.45) is 0 Å². The van der Waals surface area contributed by atoms with Gasteiger partial charge in [-0.2, -0.15) is 0 Å². The molecule has 144 valence electrons. The van der Waals surface area contributed by atoms with E-state index in [4.69, 9.17) is 16.3 Å². The molecule has 0 saturated carbocycles. The zero-order valence-electron chi connectivity index (χ0n) is 15.3. The van der Waals surface area contributed by atoms with E-state index >= 15 is 0 Å². The molecule has 6 nitrogen and oxygen atoms in total. The average molecular weight is 415 g/mol. The van der Waals surface area contributed by atoms with Gasteiger partial charge < -0.3 is 15.0 Å². The Morgan fingerprint density at radius 1 is 1.25 bits per heavy atom. The summed E-state index contributed by atoms with van der Waals surface area (Å²) in [6.45, 7) is 5.00. The molecule has 28 heavy (non-hydrogen) atoms. The number of halogens is 1. The van der Waals surface area contributed by atoms with Crippen LogP contribution in [0.25, 0.3) is 10.6 Å². The second-order valence-electron chi connectivity index (χ2n) is 6.41. The van der Waals surface area contributed by atoms with Crippen molar-refractivity contribution in [2.45, 2.75) is 6.92 Å². The van der Waals surface area contributed by atoms with Gasteiger partial charge in [0.1, 0.15) is 16.5 Å². The average Bonchev–Trinajstić information content (AvgIpc) is 3.23. The van der Waals surface area contributed by atoms with Crippen LogP contribution < -0.4 is 10.2 Å². The lowest BCUT2D eigenvalue weighted by Crippen LogP contribution is -2.36. The number of morpholine rings is 1. The number of nitrogens with zero attached hydrogens (tertiary/aromatic N) is 3. The predicted molar refractivity (Wildman–Crippen MR) is 113 cm³/mol. The molecule has 0 atom stereocenters. The Kier molecular flexibility index (Phi) is 5.57. The van der Waals surface area contributed by atoms with Crippen LogP contribution in [0, 0.1) is 6.92 Å². The molecular formula is C20H19ClN4O2S. The molecule has 2 aromatic heterocycles. The number of anilines is 2. The van der Waals surface area contributed by atoms with Crippen LogP contribution in [0.1, 0.15) is 16.1 Å². The lowest BCUT2D eigenvalue weighted by molar-refractivity contribution is 0.102. The molecule has 1 N–H and O–H groups in total. The van der Waals surface area contributed by atoms with Gasteiger partial charge in [-0.15, -0.1) is 11.3 Å². The van der Waals surface area contributed by atoms with Gasteiger partial charge in [0.15, 0.2) is 0 Å². The van der Waals surface area contributed by atoms with Gasteiger partial charge in [0.25, 0.3) is 5.91 Å². The fourth-order valence-corrected chi connectivity index (χ4v) is 3.90. The zero-order chi connectivity index (χ0) is 19.5. The molecule has 3 heterocycles. The Morgan fingerprint density at radius 2 is 2.07 bits per heavy atom. The van der Waals surface area contributed by atoms with Crippen LogP contribution in [-0.2, 0) is 4.74 Å². The van der Waals surface area contributed by atoms with Gasteiger partial charge in [-0.3, -0.25) is 4.79 Å². The maximum atomic E-state index is 12.5. The quantitative estimate of drug-likeness (QED) is 0.691. The SMILES string of the molecule is Cc1c(Cl)cccc1NC(=O)c1csc(-c2ccc(N3CCOCC3)nc2)n1. The summed E-state index contributed by atoms with van der Waals surface area (Å²) in [7, 11) is 0. The standard InChI is InChI=1S/C20H19ClN4O2S/c1-13-15(21)3-2-4-16(13)23-19(26)17-12-28-20(24-17)14-5-6-18(22-11-14)25-7-9-27-10-8-25/h2-6,11-12H,7-10H2,1H3,(H,23,26). The Hall–Kier alpha value is -2.48. The van der Waals surface area contributed by atoms with Crippen molar-refractivity contribution in [3.8, 4) is 10.6 Å². The van der Waals surface area contributed by atoms with E-state index in [1.165, 1.54) is 11.3 Å². The fraction of sp³-hybridized carbons (Fsp3) is 0.250. The van der Waals surface area contributed by atoms with Crippen LogP contribution in [0.15, 0.2) is 41.9 Å². The molecule has 1 amide bonds. The van der Waals surface area contributed by atoms with E-state index in [1.54, 1.807) is 23.7 Å². The Morgan fingerprint density at radius 3 is 2.82 bits per heavy atom. The number of carbonyl (C=O) groups excluding carboxylic acids is 1. The van der Waals surface area contributed by atoms with Gasteiger partial charge in [0.05, 0.1) is 13.2 Å². The molecule has 0 radical (unpaired) electrons. The van der Waals surface area contributed by atoms with Crippen LogP contribution in [0.2, 0.25) is 5.02 Å². The number of amides is 1. The normalized spacial score (nSPS) is 14.1. The Labute approximate surface area is 172 Å². The number of hydrogen-bond acceptors (Lipinski definition) is 6. The van der Waals surface area contributed by atoms with Gasteiger partial charge >= 0.3 is 0 Å². The van der Waals surface area contributed by atoms with E-state index in [0.717, 1.165) is 48.3 Å². The summed E-state index contributed by atoms with van der Waals surface area (Å²) >= 11 is 7.53. The van der Waals surface area contributed by atoms with E-state index in [-0.39, 0.29) is 5.91 Å². The highest BCUT2D eigenvalue weighted by Gasteiger charge is 2.15. The van der Waals surface area contributed by atoms with Crippen molar-refractivity contribution in [1.82, 2.24) is 9.97 Å². The van der Waals surface area contributed by atoms with Crippen LogP contribution in [0.4, 0.5) is 11.5 Å². The maximum Gasteiger partial charge on any atom is 0.275 e. The summed E-state index contributed by atoms with van der Waals surface area (Å²) in [5.74, 6) is 0.670. The van der Waals surface area contributed by atoms with Gasteiger partial charge in [0, 0.05) is 40.9 Å². The minimum absolute atomic E-state index is 0.259. The molecular weight excluding hydrogens is 396 g/mol. The van der Waals surface area contributed by atoms with Crippen molar-refractivity contribution in [3.05, 3.63) is 58.2 Å². The highest BCUT2D eigenvalue weighted by atomic mass is 35.5. The molecule has 8 heteroatoms. The molecule has 1 aromatic carbocycles. The fourth-order valence-electron chi connectivity index (χ4n) is 2.93. The van der Waals surface area contributed by atoms with Crippen LogP contribution in [0.5, 0.6) is 0 Å². The highest BCUT2D eigenvalue weighted by molar-refractivity contribution is 7.13. The van der Waals surface area contributed by atoms with E-state index in [2.05, 4.69) is 20.2 Å². The first kappa shape index (κ1) is 18.9. The van der Waals surface area contributed by atoms with Gasteiger partial charge in [-0.1, -0.05) is 17.7 Å². The number of pyridine rings is 1.